The number of hydrogen-bond donors (Lipinski definition) is 1. The second-order valence-corrected chi connectivity index (χ2v) is 5.40. The maximum Gasteiger partial charge on any atom is 0.287 e. The van der Waals surface area contributed by atoms with E-state index in [4.69, 9.17) is 0 Å². The molecule has 7 heteroatoms. The Bertz CT molecular complexity index is 492. The molecule has 2 heterocycles. The number of rotatable bonds is 5. The number of nitro groups is 1. The first-order valence-electron chi connectivity index (χ1n) is 6.72. The van der Waals surface area contributed by atoms with E-state index in [9.17, 15) is 14.9 Å². The highest BCUT2D eigenvalue weighted by Crippen LogP contribution is 2.16. The monoisotopic (exact) mass is 280 g/mol. The molecule has 1 fully saturated rings. The first kappa shape index (κ1) is 14.7. The van der Waals surface area contributed by atoms with E-state index < -0.39 is 4.92 Å². The van der Waals surface area contributed by atoms with Gasteiger partial charge in [-0.3, -0.25) is 19.8 Å². The zero-order valence-corrected chi connectivity index (χ0v) is 11.8. The van der Waals surface area contributed by atoms with Crippen LogP contribution in [0.2, 0.25) is 0 Å². The van der Waals surface area contributed by atoms with Gasteiger partial charge in [0.05, 0.1) is 23.4 Å². The summed E-state index contributed by atoms with van der Waals surface area (Å²) >= 11 is 0. The molecule has 20 heavy (non-hydrogen) atoms. The van der Waals surface area contributed by atoms with Gasteiger partial charge >= 0.3 is 0 Å². The van der Waals surface area contributed by atoms with Crippen LogP contribution in [0.15, 0.2) is 12.3 Å². The minimum absolute atomic E-state index is 0.0738. The Labute approximate surface area is 117 Å². The summed E-state index contributed by atoms with van der Waals surface area (Å²) in [5.41, 5.74) is 0.228. The summed E-state index contributed by atoms with van der Waals surface area (Å²) in [7, 11) is 4.03. The van der Waals surface area contributed by atoms with Crippen LogP contribution in [0.4, 0.5) is 5.69 Å². The molecule has 0 aromatic carbocycles. The molecule has 0 radical (unpaired) electrons. The number of carbonyl (C=O) groups excluding carboxylic acids is 1. The van der Waals surface area contributed by atoms with E-state index >= 15 is 0 Å². The molecule has 0 aliphatic carbocycles. The molecule has 1 aromatic heterocycles. The van der Waals surface area contributed by atoms with Gasteiger partial charge in [-0.2, -0.15) is 0 Å². The first-order valence-corrected chi connectivity index (χ1v) is 6.72. The number of Topliss-reactive ketones (excluding diaryl/α,β-unsaturated/α-hetero) is 1. The van der Waals surface area contributed by atoms with Crippen LogP contribution >= 0.6 is 0 Å². The van der Waals surface area contributed by atoms with Crippen LogP contribution in [0.25, 0.3) is 0 Å². The van der Waals surface area contributed by atoms with Crippen LogP contribution in [0.3, 0.4) is 0 Å². The fourth-order valence-electron chi connectivity index (χ4n) is 2.53. The first-order chi connectivity index (χ1) is 9.47. The van der Waals surface area contributed by atoms with E-state index in [1.165, 1.54) is 12.3 Å². The molecular weight excluding hydrogens is 260 g/mol. The summed E-state index contributed by atoms with van der Waals surface area (Å²) in [5, 5.41) is 10.6. The summed E-state index contributed by atoms with van der Waals surface area (Å²) in [6.45, 7) is 2.36. The fraction of sp³-hybridized carbons (Fsp3) is 0.615. The molecule has 1 saturated heterocycles. The van der Waals surface area contributed by atoms with Crippen molar-refractivity contribution in [1.82, 2.24) is 14.8 Å². The van der Waals surface area contributed by atoms with Gasteiger partial charge in [0.1, 0.15) is 0 Å². The normalized spacial score (nSPS) is 17.6. The third-order valence-electron chi connectivity index (χ3n) is 3.88. The second kappa shape index (κ2) is 6.15. The van der Waals surface area contributed by atoms with Crippen molar-refractivity contribution in [2.45, 2.75) is 18.9 Å². The molecule has 0 saturated carbocycles. The highest BCUT2D eigenvalue weighted by Gasteiger charge is 2.23. The molecule has 1 aliphatic heterocycles. The van der Waals surface area contributed by atoms with Crippen molar-refractivity contribution in [2.24, 2.45) is 0 Å². The van der Waals surface area contributed by atoms with Crippen molar-refractivity contribution in [3.05, 3.63) is 28.1 Å². The fourth-order valence-corrected chi connectivity index (χ4v) is 2.53. The molecule has 0 spiro atoms. The maximum absolute atomic E-state index is 12.1. The van der Waals surface area contributed by atoms with Gasteiger partial charge in [-0.05, 0) is 40.0 Å². The molecule has 110 valence electrons. The van der Waals surface area contributed by atoms with E-state index in [0.717, 1.165) is 25.9 Å². The molecule has 0 amide bonds. The lowest BCUT2D eigenvalue weighted by molar-refractivity contribution is -0.384. The van der Waals surface area contributed by atoms with E-state index in [-0.39, 0.29) is 18.0 Å². The molecule has 7 nitrogen and oxygen atoms in total. The van der Waals surface area contributed by atoms with E-state index in [2.05, 4.69) is 16.9 Å². The van der Waals surface area contributed by atoms with Crippen LogP contribution in [0, 0.1) is 10.1 Å². The van der Waals surface area contributed by atoms with Crippen LogP contribution in [0.5, 0.6) is 0 Å². The molecule has 0 atom stereocenters. The average molecular weight is 280 g/mol. The predicted molar refractivity (Wildman–Crippen MR) is 74.9 cm³/mol. The van der Waals surface area contributed by atoms with Crippen molar-refractivity contribution in [2.75, 3.05) is 33.7 Å². The van der Waals surface area contributed by atoms with Crippen molar-refractivity contribution < 1.29 is 9.72 Å². The number of H-pyrrole nitrogens is 1. The highest BCUT2D eigenvalue weighted by atomic mass is 16.6. The third kappa shape index (κ3) is 3.43. The zero-order chi connectivity index (χ0) is 14.7. The van der Waals surface area contributed by atoms with Crippen molar-refractivity contribution in [3.8, 4) is 0 Å². The molecule has 0 unspecified atom stereocenters. The zero-order valence-electron chi connectivity index (χ0n) is 11.8. The molecule has 1 aliphatic rings. The van der Waals surface area contributed by atoms with E-state index in [1.807, 2.05) is 11.9 Å². The summed E-state index contributed by atoms with van der Waals surface area (Å²) in [4.78, 5) is 29.2. The van der Waals surface area contributed by atoms with Gasteiger partial charge in [0.15, 0.2) is 5.78 Å². The summed E-state index contributed by atoms with van der Waals surface area (Å²) in [5.74, 6) is -0.112. The number of carbonyl (C=O) groups is 1. The van der Waals surface area contributed by atoms with E-state index in [0.29, 0.717) is 11.7 Å². The van der Waals surface area contributed by atoms with Gasteiger partial charge in [0, 0.05) is 12.1 Å². The van der Waals surface area contributed by atoms with Gasteiger partial charge in [0.25, 0.3) is 5.69 Å². The van der Waals surface area contributed by atoms with Gasteiger partial charge in [-0.25, -0.2) is 0 Å². The Morgan fingerprint density at radius 2 is 2.20 bits per heavy atom. The number of likely N-dealkylation sites (tertiary alicyclic amines) is 1. The highest BCUT2D eigenvalue weighted by molar-refractivity contribution is 5.96. The average Bonchev–Trinajstić information content (AvgIpc) is 2.89. The van der Waals surface area contributed by atoms with Gasteiger partial charge in [0.2, 0.25) is 0 Å². The lowest BCUT2D eigenvalue weighted by Crippen LogP contribution is -2.43. The summed E-state index contributed by atoms with van der Waals surface area (Å²) in [6, 6.07) is 1.70. The van der Waals surface area contributed by atoms with Crippen molar-refractivity contribution in [1.29, 1.82) is 0 Å². The number of aromatic nitrogens is 1. The molecular formula is C13H20N4O3. The standard InChI is InChI=1S/C13H20N4O3/c1-15-5-3-10(4-6-15)16(2)9-13(18)12-7-11(8-14-12)17(19)20/h7-8,10,14H,3-6,9H2,1-2H3. The Balaban J connectivity index is 1.91. The third-order valence-corrected chi connectivity index (χ3v) is 3.88. The Hall–Kier alpha value is -1.73. The topological polar surface area (TPSA) is 82.5 Å². The van der Waals surface area contributed by atoms with Crippen LogP contribution in [0.1, 0.15) is 23.3 Å². The van der Waals surface area contributed by atoms with Crippen LogP contribution in [-0.2, 0) is 0 Å². The summed E-state index contributed by atoms with van der Waals surface area (Å²) < 4.78 is 0. The second-order valence-electron chi connectivity index (χ2n) is 5.40. The maximum atomic E-state index is 12.1. The predicted octanol–water partition coefficient (Wildman–Crippen LogP) is 1.13. The Morgan fingerprint density at radius 1 is 1.55 bits per heavy atom. The van der Waals surface area contributed by atoms with Crippen LogP contribution in [-0.4, -0.2) is 65.3 Å². The summed E-state index contributed by atoms with van der Waals surface area (Å²) in [6.07, 6.45) is 3.35. The van der Waals surface area contributed by atoms with Crippen LogP contribution < -0.4 is 0 Å². The number of piperidine rings is 1. The number of nitrogens with one attached hydrogen (secondary N) is 1. The smallest absolute Gasteiger partial charge is 0.287 e. The minimum Gasteiger partial charge on any atom is -0.353 e. The number of likely N-dealkylation sites (N-methyl/N-ethyl adjacent to an activating group) is 1. The van der Waals surface area contributed by atoms with Gasteiger partial charge in [-0.1, -0.05) is 0 Å². The molecule has 1 aromatic rings. The van der Waals surface area contributed by atoms with Gasteiger partial charge in [-0.15, -0.1) is 0 Å². The Morgan fingerprint density at radius 3 is 2.75 bits per heavy atom. The largest absolute Gasteiger partial charge is 0.353 e. The molecule has 0 bridgehead atoms. The number of ketones is 1. The molecule has 2 rings (SSSR count). The molecule has 1 N–H and O–H groups in total. The van der Waals surface area contributed by atoms with Gasteiger partial charge < -0.3 is 9.88 Å². The lowest BCUT2D eigenvalue weighted by Gasteiger charge is -2.34. The van der Waals surface area contributed by atoms with E-state index in [1.54, 1.807) is 0 Å². The number of aromatic amines is 1. The number of nitrogens with zero attached hydrogens (tertiary/aromatic N) is 3. The minimum atomic E-state index is -0.506. The quantitative estimate of drug-likeness (QED) is 0.496. The van der Waals surface area contributed by atoms with Crippen molar-refractivity contribution >= 4 is 11.5 Å². The van der Waals surface area contributed by atoms with Crippen molar-refractivity contribution in [3.63, 3.8) is 0 Å². The Kier molecular flexibility index (Phi) is 4.51. The number of hydrogen-bond acceptors (Lipinski definition) is 5. The lowest BCUT2D eigenvalue weighted by atomic mass is 10.0. The SMILES string of the molecule is CN1CCC(N(C)CC(=O)c2cc([N+](=O)[O-])c[nH]2)CC1.